The highest BCUT2D eigenvalue weighted by Gasteiger charge is 2.17. The second-order valence-electron chi connectivity index (χ2n) is 3.01. The second kappa shape index (κ2) is 4.74. The largest absolute Gasteiger partial charge is 0.248 e. The summed E-state index contributed by atoms with van der Waals surface area (Å²) in [6.07, 6.45) is 3.04. The van der Waals surface area contributed by atoms with Crippen molar-refractivity contribution in [3.63, 3.8) is 0 Å². The molecule has 1 rings (SSSR count). The Morgan fingerprint density at radius 1 is 1.57 bits per heavy atom. The van der Waals surface area contributed by atoms with Gasteiger partial charge in [-0.25, -0.2) is 13.6 Å². The lowest BCUT2D eigenvalue weighted by atomic mass is 10.2. The summed E-state index contributed by atoms with van der Waals surface area (Å²) in [5.41, 5.74) is 1.03. The molecule has 0 unspecified atom stereocenters. The van der Waals surface area contributed by atoms with Gasteiger partial charge in [-0.1, -0.05) is 13.3 Å². The predicted octanol–water partition coefficient (Wildman–Crippen LogP) is 2.50. The Kier molecular flexibility index (Phi) is 4.12. The van der Waals surface area contributed by atoms with Gasteiger partial charge in [0.15, 0.2) is 0 Å². The third-order valence-corrected chi connectivity index (χ3v) is 5.79. The normalized spacial score (nSPS) is 11.9. The molecule has 14 heavy (non-hydrogen) atoms. The number of hydrogen-bond acceptors (Lipinski definition) is 3. The third kappa shape index (κ3) is 2.79. The summed E-state index contributed by atoms with van der Waals surface area (Å²) in [7, 11) is -3.57. The first-order valence-electron chi connectivity index (χ1n) is 4.25. The molecule has 0 aliphatic heterocycles. The summed E-state index contributed by atoms with van der Waals surface area (Å²) in [5, 5.41) is 6.90. The highest BCUT2D eigenvalue weighted by Crippen LogP contribution is 2.32. The van der Waals surface area contributed by atoms with E-state index in [9.17, 15) is 8.42 Å². The SMILES string of the molecule is CCCCc1csc(S(N)(=O)=O)c1Br. The van der Waals surface area contributed by atoms with Gasteiger partial charge in [0.25, 0.3) is 0 Å². The standard InChI is InChI=1S/C8H12BrNO2S2/c1-2-3-4-6-5-13-8(7(6)9)14(10,11)12/h5H,2-4H2,1H3,(H2,10,11,12). The average Bonchev–Trinajstić information content (AvgIpc) is 2.42. The maximum atomic E-state index is 11.1. The number of sulfonamides is 1. The zero-order valence-electron chi connectivity index (χ0n) is 7.79. The number of unbranched alkanes of at least 4 members (excludes halogenated alkanes) is 1. The van der Waals surface area contributed by atoms with E-state index in [4.69, 9.17) is 5.14 Å². The first-order chi connectivity index (χ1) is 6.46. The van der Waals surface area contributed by atoms with E-state index >= 15 is 0 Å². The molecule has 0 aliphatic carbocycles. The number of primary sulfonamides is 1. The van der Waals surface area contributed by atoms with Crippen molar-refractivity contribution in [1.29, 1.82) is 0 Å². The minimum atomic E-state index is -3.57. The third-order valence-electron chi connectivity index (χ3n) is 1.83. The van der Waals surface area contributed by atoms with Crippen LogP contribution in [0.3, 0.4) is 0 Å². The fourth-order valence-corrected chi connectivity index (χ4v) is 4.29. The molecule has 6 heteroatoms. The Bertz CT molecular complexity index is 411. The number of aryl methyl sites for hydroxylation is 1. The summed E-state index contributed by atoms with van der Waals surface area (Å²) in [5.74, 6) is 0. The summed E-state index contributed by atoms with van der Waals surface area (Å²) >= 11 is 4.44. The lowest BCUT2D eigenvalue weighted by molar-refractivity contribution is 0.599. The Balaban J connectivity index is 2.97. The molecule has 0 fully saturated rings. The van der Waals surface area contributed by atoms with Gasteiger partial charge in [-0.2, -0.15) is 0 Å². The van der Waals surface area contributed by atoms with Crippen LogP contribution < -0.4 is 5.14 Å². The van der Waals surface area contributed by atoms with E-state index in [-0.39, 0.29) is 4.21 Å². The van der Waals surface area contributed by atoms with Gasteiger partial charge in [-0.3, -0.25) is 0 Å². The van der Waals surface area contributed by atoms with Crippen molar-refractivity contribution < 1.29 is 8.42 Å². The molecule has 0 radical (unpaired) electrons. The molecule has 0 saturated heterocycles. The minimum Gasteiger partial charge on any atom is -0.224 e. The molecule has 0 atom stereocenters. The fraction of sp³-hybridized carbons (Fsp3) is 0.500. The number of hydrogen-bond donors (Lipinski definition) is 1. The monoisotopic (exact) mass is 297 g/mol. The molecule has 3 nitrogen and oxygen atoms in total. The van der Waals surface area contributed by atoms with Gasteiger partial charge in [0, 0.05) is 0 Å². The Labute approximate surface area is 96.5 Å². The van der Waals surface area contributed by atoms with E-state index in [1.54, 1.807) is 0 Å². The van der Waals surface area contributed by atoms with Crippen molar-refractivity contribution >= 4 is 37.3 Å². The predicted molar refractivity (Wildman–Crippen MR) is 62.0 cm³/mol. The number of rotatable bonds is 4. The van der Waals surface area contributed by atoms with Gasteiger partial charge >= 0.3 is 0 Å². The van der Waals surface area contributed by atoms with Crippen LogP contribution in [-0.2, 0) is 16.4 Å². The van der Waals surface area contributed by atoms with Crippen LogP contribution in [0.2, 0.25) is 0 Å². The quantitative estimate of drug-likeness (QED) is 0.928. The smallest absolute Gasteiger partial charge is 0.224 e. The summed E-state index contributed by atoms with van der Waals surface area (Å²) in [6, 6.07) is 0. The first kappa shape index (κ1) is 12.2. The molecule has 0 saturated carbocycles. The molecule has 0 amide bonds. The topological polar surface area (TPSA) is 60.2 Å². The van der Waals surface area contributed by atoms with Crippen molar-refractivity contribution in [3.05, 3.63) is 15.4 Å². The van der Waals surface area contributed by atoms with Crippen LogP contribution in [-0.4, -0.2) is 8.42 Å². The van der Waals surface area contributed by atoms with Crippen molar-refractivity contribution in [1.82, 2.24) is 0 Å². The molecule has 2 N–H and O–H groups in total. The van der Waals surface area contributed by atoms with Gasteiger partial charge in [-0.15, -0.1) is 11.3 Å². The van der Waals surface area contributed by atoms with Crippen LogP contribution in [0, 0.1) is 0 Å². The zero-order valence-corrected chi connectivity index (χ0v) is 11.0. The lowest BCUT2D eigenvalue weighted by Gasteiger charge is -1.97. The Morgan fingerprint density at radius 3 is 2.64 bits per heavy atom. The molecule has 1 aromatic heterocycles. The Hall–Kier alpha value is 0.0900. The van der Waals surface area contributed by atoms with Gasteiger partial charge in [0.1, 0.15) is 4.21 Å². The van der Waals surface area contributed by atoms with Crippen molar-refractivity contribution in [2.24, 2.45) is 5.14 Å². The lowest BCUT2D eigenvalue weighted by Crippen LogP contribution is -2.10. The summed E-state index contributed by atoms with van der Waals surface area (Å²) in [6.45, 7) is 2.10. The highest BCUT2D eigenvalue weighted by molar-refractivity contribution is 9.10. The van der Waals surface area contributed by atoms with E-state index < -0.39 is 10.0 Å². The highest BCUT2D eigenvalue weighted by atomic mass is 79.9. The van der Waals surface area contributed by atoms with E-state index in [1.807, 2.05) is 5.38 Å². The van der Waals surface area contributed by atoms with Crippen LogP contribution >= 0.6 is 27.3 Å². The molecule has 1 heterocycles. The van der Waals surface area contributed by atoms with Crippen LogP contribution in [0.1, 0.15) is 25.3 Å². The van der Waals surface area contributed by atoms with E-state index in [1.165, 1.54) is 11.3 Å². The summed E-state index contributed by atoms with van der Waals surface area (Å²) < 4.78 is 23.1. The fourth-order valence-electron chi connectivity index (χ4n) is 1.09. The molecule has 0 aromatic carbocycles. The number of thiophene rings is 1. The van der Waals surface area contributed by atoms with E-state index in [0.29, 0.717) is 4.47 Å². The van der Waals surface area contributed by atoms with Crippen LogP contribution in [0.25, 0.3) is 0 Å². The van der Waals surface area contributed by atoms with E-state index in [2.05, 4.69) is 22.9 Å². The van der Waals surface area contributed by atoms with E-state index in [0.717, 1.165) is 24.8 Å². The van der Waals surface area contributed by atoms with Crippen molar-refractivity contribution in [2.75, 3.05) is 0 Å². The maximum Gasteiger partial charge on any atom is 0.248 e. The van der Waals surface area contributed by atoms with Crippen LogP contribution in [0.15, 0.2) is 14.1 Å². The van der Waals surface area contributed by atoms with Gasteiger partial charge in [0.05, 0.1) is 4.47 Å². The second-order valence-corrected chi connectivity index (χ2v) is 6.44. The van der Waals surface area contributed by atoms with Crippen LogP contribution in [0.4, 0.5) is 0 Å². The minimum absolute atomic E-state index is 0.226. The molecular weight excluding hydrogens is 286 g/mol. The number of halogens is 1. The summed E-state index contributed by atoms with van der Waals surface area (Å²) in [4.78, 5) is 0. The molecule has 0 aliphatic rings. The van der Waals surface area contributed by atoms with Gasteiger partial charge < -0.3 is 0 Å². The average molecular weight is 298 g/mol. The first-order valence-corrected chi connectivity index (χ1v) is 7.47. The molecular formula is C8H12BrNO2S2. The Morgan fingerprint density at radius 2 is 2.21 bits per heavy atom. The zero-order chi connectivity index (χ0) is 10.8. The maximum absolute atomic E-state index is 11.1. The van der Waals surface area contributed by atoms with Gasteiger partial charge in [0.2, 0.25) is 10.0 Å². The molecule has 80 valence electrons. The number of nitrogens with two attached hydrogens (primary N) is 1. The van der Waals surface area contributed by atoms with Crippen molar-refractivity contribution in [2.45, 2.75) is 30.4 Å². The molecule has 0 bridgehead atoms. The van der Waals surface area contributed by atoms with Crippen molar-refractivity contribution in [3.8, 4) is 0 Å². The van der Waals surface area contributed by atoms with Gasteiger partial charge in [-0.05, 0) is 39.7 Å². The molecule has 1 aromatic rings. The van der Waals surface area contributed by atoms with Crippen LogP contribution in [0.5, 0.6) is 0 Å². The molecule has 0 spiro atoms.